The van der Waals surface area contributed by atoms with E-state index in [9.17, 15) is 19.2 Å². The van der Waals surface area contributed by atoms with Gasteiger partial charge in [-0.25, -0.2) is 4.79 Å². The van der Waals surface area contributed by atoms with Crippen LogP contribution in [0.5, 0.6) is 0 Å². The van der Waals surface area contributed by atoms with Crippen LogP contribution in [0.3, 0.4) is 0 Å². The number of alkyl carbamates (subject to hydrolysis) is 1. The fourth-order valence-electron chi connectivity index (χ4n) is 4.67. The zero-order chi connectivity index (χ0) is 31.0. The second-order valence-corrected chi connectivity index (χ2v) is 12.0. The predicted octanol–water partition coefficient (Wildman–Crippen LogP) is 5.69. The lowest BCUT2D eigenvalue weighted by Crippen LogP contribution is -2.54. The molecule has 4 amide bonds. The van der Waals surface area contributed by atoms with Crippen molar-refractivity contribution in [3.05, 3.63) is 35.4 Å². The highest BCUT2D eigenvalue weighted by atomic mass is 16.6. The number of hydrogen-bond donors (Lipinski definition) is 3. The van der Waals surface area contributed by atoms with Gasteiger partial charge in [-0.3, -0.25) is 14.4 Å². The summed E-state index contributed by atoms with van der Waals surface area (Å²) in [7, 11) is 0. The van der Waals surface area contributed by atoms with Crippen LogP contribution < -0.4 is 16.4 Å². The molecule has 0 fully saturated rings. The molecule has 0 saturated heterocycles. The number of nitrogens with zero attached hydrogens (tertiary/aromatic N) is 1. The molecule has 41 heavy (non-hydrogen) atoms. The molecule has 0 heterocycles. The van der Waals surface area contributed by atoms with E-state index >= 15 is 0 Å². The Kier molecular flexibility index (Phi) is 16.1. The lowest BCUT2D eigenvalue weighted by atomic mass is 9.99. The van der Waals surface area contributed by atoms with Crippen molar-refractivity contribution in [2.45, 2.75) is 136 Å². The van der Waals surface area contributed by atoms with Crippen molar-refractivity contribution in [1.29, 1.82) is 0 Å². The first-order valence-electron chi connectivity index (χ1n) is 15.2. The highest BCUT2D eigenvalue weighted by molar-refractivity contribution is 5.92. The van der Waals surface area contributed by atoms with Gasteiger partial charge in [0.25, 0.3) is 0 Å². The van der Waals surface area contributed by atoms with Gasteiger partial charge in [0.05, 0.1) is 0 Å². The summed E-state index contributed by atoms with van der Waals surface area (Å²) in [5.74, 6) is -1.31. The van der Waals surface area contributed by atoms with Crippen LogP contribution >= 0.6 is 0 Å². The van der Waals surface area contributed by atoms with E-state index in [1.54, 1.807) is 25.7 Å². The molecule has 1 rings (SSSR count). The second-order valence-electron chi connectivity index (χ2n) is 12.0. The maximum absolute atomic E-state index is 14.2. The molecule has 9 heteroatoms. The van der Waals surface area contributed by atoms with Crippen molar-refractivity contribution in [2.75, 3.05) is 6.54 Å². The average molecular weight is 575 g/mol. The number of hydrogen-bond acceptors (Lipinski definition) is 5. The van der Waals surface area contributed by atoms with Gasteiger partial charge >= 0.3 is 6.09 Å². The van der Waals surface area contributed by atoms with Gasteiger partial charge < -0.3 is 26.0 Å². The van der Waals surface area contributed by atoms with E-state index in [1.165, 1.54) is 0 Å². The summed E-state index contributed by atoms with van der Waals surface area (Å²) in [6, 6.07) is 5.50. The Morgan fingerprint density at radius 1 is 0.902 bits per heavy atom. The molecule has 1 aromatic carbocycles. The molecule has 3 unspecified atom stereocenters. The number of amides is 4. The van der Waals surface area contributed by atoms with Gasteiger partial charge in [-0.1, -0.05) is 82.2 Å². The largest absolute Gasteiger partial charge is 0.444 e. The van der Waals surface area contributed by atoms with E-state index in [0.29, 0.717) is 18.5 Å². The third kappa shape index (κ3) is 14.4. The van der Waals surface area contributed by atoms with Crippen LogP contribution in [0, 0.1) is 6.92 Å². The molecule has 0 bridgehead atoms. The van der Waals surface area contributed by atoms with Crippen LogP contribution in [0.1, 0.15) is 123 Å². The van der Waals surface area contributed by atoms with Crippen molar-refractivity contribution in [2.24, 2.45) is 5.73 Å². The standard InChI is InChI=1S/C32H54N4O5/c1-8-10-11-12-13-14-22-36(30(39)26(20-21-27(33)37)35-31(40)41-32(5,6)7)28(25-18-16-23(3)17-19-25)29(38)34-24(4)15-9-2/h16-19,24,26,28H,8-15,20-22H2,1-7H3,(H2,33,37)(H,34,38)(H,35,40). The second kappa shape index (κ2) is 18.4. The fourth-order valence-corrected chi connectivity index (χ4v) is 4.67. The first kappa shape index (κ1) is 35.9. The summed E-state index contributed by atoms with van der Waals surface area (Å²) in [5.41, 5.74) is 6.35. The van der Waals surface area contributed by atoms with Gasteiger partial charge in [0.2, 0.25) is 17.7 Å². The Morgan fingerprint density at radius 2 is 1.51 bits per heavy atom. The molecule has 0 aliphatic rings. The quantitative estimate of drug-likeness (QED) is 0.194. The molecule has 232 valence electrons. The summed E-state index contributed by atoms with van der Waals surface area (Å²) in [4.78, 5) is 54.0. The van der Waals surface area contributed by atoms with Crippen LogP contribution in [0.15, 0.2) is 24.3 Å². The number of ether oxygens (including phenoxy) is 1. The summed E-state index contributed by atoms with van der Waals surface area (Å²) >= 11 is 0. The molecule has 4 N–H and O–H groups in total. The number of primary amides is 1. The molecule has 0 spiro atoms. The minimum atomic E-state index is -1.09. The maximum atomic E-state index is 14.2. The number of unbranched alkanes of at least 4 members (excludes halogenated alkanes) is 5. The van der Waals surface area contributed by atoms with Gasteiger partial charge in [-0.15, -0.1) is 0 Å². The summed E-state index contributed by atoms with van der Waals surface area (Å²) < 4.78 is 5.41. The molecule has 1 aromatic rings. The maximum Gasteiger partial charge on any atom is 0.408 e. The van der Waals surface area contributed by atoms with Crippen LogP contribution in [-0.4, -0.2) is 52.9 Å². The smallest absolute Gasteiger partial charge is 0.408 e. The summed E-state index contributed by atoms with van der Waals surface area (Å²) in [6.07, 6.45) is 6.87. The molecule has 3 atom stereocenters. The zero-order valence-electron chi connectivity index (χ0n) is 26.4. The van der Waals surface area contributed by atoms with Crippen LogP contribution in [0.25, 0.3) is 0 Å². The predicted molar refractivity (Wildman–Crippen MR) is 163 cm³/mol. The summed E-state index contributed by atoms with van der Waals surface area (Å²) in [5, 5.41) is 5.74. The van der Waals surface area contributed by atoms with Gasteiger partial charge in [0, 0.05) is 19.0 Å². The van der Waals surface area contributed by atoms with E-state index in [4.69, 9.17) is 10.5 Å². The Hall–Kier alpha value is -3.10. The Balaban J connectivity index is 3.47. The monoisotopic (exact) mass is 574 g/mol. The first-order chi connectivity index (χ1) is 19.3. The molecule has 9 nitrogen and oxygen atoms in total. The van der Waals surface area contributed by atoms with E-state index in [1.807, 2.05) is 38.1 Å². The highest BCUT2D eigenvalue weighted by Gasteiger charge is 2.36. The lowest BCUT2D eigenvalue weighted by molar-refractivity contribution is -0.143. The topological polar surface area (TPSA) is 131 Å². The van der Waals surface area contributed by atoms with E-state index in [0.717, 1.165) is 50.5 Å². The minimum absolute atomic E-state index is 0.00508. The van der Waals surface area contributed by atoms with Gasteiger partial charge in [0.15, 0.2) is 0 Å². The van der Waals surface area contributed by atoms with E-state index < -0.39 is 35.6 Å². The molecule has 0 aliphatic carbocycles. The lowest BCUT2D eigenvalue weighted by Gasteiger charge is -2.35. The van der Waals surface area contributed by atoms with Crippen molar-refractivity contribution >= 4 is 23.8 Å². The van der Waals surface area contributed by atoms with Crippen molar-refractivity contribution in [3.8, 4) is 0 Å². The molecular formula is C32H54N4O5. The molecule has 0 aromatic heterocycles. The third-order valence-electron chi connectivity index (χ3n) is 6.77. The number of carbonyl (C=O) groups excluding carboxylic acids is 4. The number of nitrogens with two attached hydrogens (primary N) is 1. The number of aryl methyl sites for hydroxylation is 1. The summed E-state index contributed by atoms with van der Waals surface area (Å²) in [6.45, 7) is 13.6. The number of benzene rings is 1. The molecule has 0 saturated carbocycles. The third-order valence-corrected chi connectivity index (χ3v) is 6.77. The minimum Gasteiger partial charge on any atom is -0.444 e. The van der Waals surface area contributed by atoms with Gasteiger partial charge in [0.1, 0.15) is 17.7 Å². The Bertz CT molecular complexity index is 958. The zero-order valence-corrected chi connectivity index (χ0v) is 26.4. The fraction of sp³-hybridized carbons (Fsp3) is 0.688. The Labute approximate surface area is 247 Å². The Morgan fingerprint density at radius 3 is 2.07 bits per heavy atom. The van der Waals surface area contributed by atoms with Crippen LogP contribution in [-0.2, 0) is 19.1 Å². The number of carbonyl (C=O) groups is 4. The van der Waals surface area contributed by atoms with E-state index in [-0.39, 0.29) is 24.8 Å². The number of nitrogens with one attached hydrogen (secondary N) is 2. The van der Waals surface area contributed by atoms with Crippen molar-refractivity contribution in [3.63, 3.8) is 0 Å². The van der Waals surface area contributed by atoms with Gasteiger partial charge in [-0.05, 0) is 59.4 Å². The molecule has 0 radical (unpaired) electrons. The average Bonchev–Trinajstić information content (AvgIpc) is 2.87. The van der Waals surface area contributed by atoms with Crippen LogP contribution in [0.2, 0.25) is 0 Å². The highest BCUT2D eigenvalue weighted by Crippen LogP contribution is 2.25. The number of rotatable bonds is 18. The first-order valence-corrected chi connectivity index (χ1v) is 15.2. The van der Waals surface area contributed by atoms with Crippen molar-refractivity contribution in [1.82, 2.24) is 15.5 Å². The van der Waals surface area contributed by atoms with Crippen molar-refractivity contribution < 1.29 is 23.9 Å². The van der Waals surface area contributed by atoms with Crippen LogP contribution in [0.4, 0.5) is 4.79 Å². The van der Waals surface area contributed by atoms with E-state index in [2.05, 4.69) is 24.5 Å². The molecule has 0 aliphatic heterocycles. The molecular weight excluding hydrogens is 520 g/mol. The normalized spacial score (nSPS) is 13.5. The van der Waals surface area contributed by atoms with Gasteiger partial charge in [-0.2, -0.15) is 0 Å². The SMILES string of the molecule is CCCCCCCCN(C(=O)C(CCC(N)=O)NC(=O)OC(C)(C)C)C(C(=O)NC(C)CCC)c1ccc(C)cc1.